The number of nitrogens with one attached hydrogen (secondary N) is 1. The Bertz CT molecular complexity index is 597. The molecule has 0 radical (unpaired) electrons. The average Bonchev–Trinajstić information content (AvgIpc) is 2.68. The largest absolute Gasteiger partial charge is 0.464 e. The number of carbonyl (C=O) groups is 1. The Hall–Kier alpha value is -2.08. The summed E-state index contributed by atoms with van der Waals surface area (Å²) in [4.78, 5) is 24.9. The first-order valence-electron chi connectivity index (χ1n) is 5.10. The second kappa shape index (κ2) is 4.42. The van der Waals surface area contributed by atoms with Crippen molar-refractivity contribution in [3.8, 4) is 0 Å². The first-order chi connectivity index (χ1) is 8.13. The number of hydrogen-bond donors (Lipinski definition) is 2. The van der Waals surface area contributed by atoms with Gasteiger partial charge < -0.3 is 14.3 Å². The number of para-hydroxylation sites is 1. The van der Waals surface area contributed by atoms with E-state index in [0.717, 1.165) is 0 Å². The molecular formula is C11H11NO5. The van der Waals surface area contributed by atoms with Gasteiger partial charge in [0.25, 0.3) is 0 Å². The van der Waals surface area contributed by atoms with Crippen LogP contribution in [0.15, 0.2) is 27.4 Å². The predicted molar refractivity (Wildman–Crippen MR) is 58.4 cm³/mol. The van der Waals surface area contributed by atoms with Gasteiger partial charge >= 0.3 is 11.7 Å². The number of aromatic nitrogens is 1. The van der Waals surface area contributed by atoms with Crippen LogP contribution in [0.3, 0.4) is 0 Å². The van der Waals surface area contributed by atoms with Gasteiger partial charge in [0.2, 0.25) is 0 Å². The maximum atomic E-state index is 11.4. The van der Waals surface area contributed by atoms with Crippen molar-refractivity contribution in [1.29, 1.82) is 0 Å². The molecule has 1 heterocycles. The summed E-state index contributed by atoms with van der Waals surface area (Å²) in [5, 5.41) is 9.79. The average molecular weight is 237 g/mol. The molecule has 17 heavy (non-hydrogen) atoms. The first kappa shape index (κ1) is 11.4. The lowest BCUT2D eigenvalue weighted by Gasteiger charge is -2.09. The van der Waals surface area contributed by atoms with Crippen LogP contribution in [0.4, 0.5) is 0 Å². The predicted octanol–water partition coefficient (Wildman–Crippen LogP) is 0.718. The fourth-order valence-electron chi connectivity index (χ4n) is 1.57. The molecule has 1 aromatic carbocycles. The summed E-state index contributed by atoms with van der Waals surface area (Å²) in [6.45, 7) is 1.82. The number of H-pyrrole nitrogens is 1. The van der Waals surface area contributed by atoms with Crippen molar-refractivity contribution in [2.45, 2.75) is 13.0 Å². The number of rotatable bonds is 3. The summed E-state index contributed by atoms with van der Waals surface area (Å²) in [6, 6.07) is 4.67. The smallest absolute Gasteiger partial charge is 0.417 e. The quantitative estimate of drug-likeness (QED) is 0.767. The van der Waals surface area contributed by atoms with E-state index in [9.17, 15) is 14.7 Å². The number of benzene rings is 1. The highest BCUT2D eigenvalue weighted by atomic mass is 16.5. The Morgan fingerprint density at radius 1 is 1.59 bits per heavy atom. The van der Waals surface area contributed by atoms with Gasteiger partial charge in [-0.05, 0) is 13.0 Å². The molecule has 1 atom stereocenters. The van der Waals surface area contributed by atoms with E-state index in [1.165, 1.54) is 6.07 Å². The number of esters is 1. The molecule has 2 aromatic rings. The van der Waals surface area contributed by atoms with Crippen molar-refractivity contribution >= 4 is 17.1 Å². The van der Waals surface area contributed by atoms with Gasteiger partial charge in [-0.1, -0.05) is 12.1 Å². The van der Waals surface area contributed by atoms with Gasteiger partial charge in [0.1, 0.15) is 0 Å². The molecule has 2 rings (SSSR count). The molecule has 0 aliphatic heterocycles. The third kappa shape index (κ3) is 2.07. The highest BCUT2D eigenvalue weighted by molar-refractivity contribution is 5.84. The Labute approximate surface area is 95.8 Å². The number of oxazole rings is 1. The molecule has 0 saturated heterocycles. The van der Waals surface area contributed by atoms with Crippen LogP contribution in [-0.4, -0.2) is 22.7 Å². The van der Waals surface area contributed by atoms with E-state index in [0.29, 0.717) is 5.52 Å². The van der Waals surface area contributed by atoms with Crippen LogP contribution in [0.25, 0.3) is 11.1 Å². The summed E-state index contributed by atoms with van der Waals surface area (Å²) < 4.78 is 9.53. The topological polar surface area (TPSA) is 92.5 Å². The van der Waals surface area contributed by atoms with Crippen LogP contribution >= 0.6 is 0 Å². The van der Waals surface area contributed by atoms with Gasteiger partial charge in [0.15, 0.2) is 11.7 Å². The summed E-state index contributed by atoms with van der Waals surface area (Å²) >= 11 is 0. The minimum absolute atomic E-state index is 0.174. The lowest BCUT2D eigenvalue weighted by Crippen LogP contribution is -2.15. The maximum Gasteiger partial charge on any atom is 0.417 e. The SMILES string of the molecule is CCOC(=O)C(O)c1cccc2oc(=O)[nH]c12. The lowest BCUT2D eigenvalue weighted by molar-refractivity contribution is -0.153. The summed E-state index contributed by atoms with van der Waals surface area (Å²) in [6.07, 6.45) is -1.44. The van der Waals surface area contributed by atoms with Gasteiger partial charge in [-0.15, -0.1) is 0 Å². The van der Waals surface area contributed by atoms with Gasteiger partial charge in [0.05, 0.1) is 12.1 Å². The molecule has 0 bridgehead atoms. The number of hydrogen-bond acceptors (Lipinski definition) is 5. The molecule has 2 N–H and O–H groups in total. The fraction of sp³-hybridized carbons (Fsp3) is 0.273. The fourth-order valence-corrected chi connectivity index (χ4v) is 1.57. The van der Waals surface area contributed by atoms with Crippen LogP contribution in [0, 0.1) is 0 Å². The number of fused-ring (bicyclic) bond motifs is 1. The highest BCUT2D eigenvalue weighted by Gasteiger charge is 2.22. The van der Waals surface area contributed by atoms with E-state index >= 15 is 0 Å². The Balaban J connectivity index is 2.47. The molecular weight excluding hydrogens is 226 g/mol. The summed E-state index contributed by atoms with van der Waals surface area (Å²) in [5.41, 5.74) is 0.848. The lowest BCUT2D eigenvalue weighted by atomic mass is 10.1. The van der Waals surface area contributed by atoms with E-state index < -0.39 is 17.8 Å². The number of aliphatic hydroxyl groups excluding tert-OH is 1. The summed E-state index contributed by atoms with van der Waals surface area (Å²) in [5.74, 6) is -1.40. The van der Waals surface area contributed by atoms with E-state index in [2.05, 4.69) is 4.98 Å². The van der Waals surface area contributed by atoms with Crippen LogP contribution in [0.1, 0.15) is 18.6 Å². The second-order valence-electron chi connectivity index (χ2n) is 3.39. The van der Waals surface area contributed by atoms with E-state index in [4.69, 9.17) is 9.15 Å². The number of carbonyl (C=O) groups excluding carboxylic acids is 1. The molecule has 6 heteroatoms. The van der Waals surface area contributed by atoms with E-state index in [1.807, 2.05) is 0 Å². The van der Waals surface area contributed by atoms with Gasteiger partial charge in [0, 0.05) is 5.56 Å². The minimum atomic E-state index is -1.44. The molecule has 1 aromatic heterocycles. The number of ether oxygens (including phenoxy) is 1. The third-order valence-electron chi connectivity index (χ3n) is 2.29. The molecule has 0 spiro atoms. The van der Waals surface area contributed by atoms with Crippen molar-refractivity contribution < 1.29 is 19.1 Å². The Morgan fingerprint density at radius 3 is 3.06 bits per heavy atom. The molecule has 0 aliphatic carbocycles. The second-order valence-corrected chi connectivity index (χ2v) is 3.39. The number of aliphatic hydroxyl groups is 1. The molecule has 0 amide bonds. The molecule has 0 aliphatic rings. The molecule has 0 fully saturated rings. The first-order valence-corrected chi connectivity index (χ1v) is 5.10. The summed E-state index contributed by atoms with van der Waals surface area (Å²) in [7, 11) is 0. The zero-order chi connectivity index (χ0) is 12.4. The number of aromatic amines is 1. The monoisotopic (exact) mass is 237 g/mol. The van der Waals surface area contributed by atoms with Crippen LogP contribution in [-0.2, 0) is 9.53 Å². The molecule has 90 valence electrons. The van der Waals surface area contributed by atoms with Gasteiger partial charge in [-0.3, -0.25) is 4.98 Å². The van der Waals surface area contributed by atoms with Gasteiger partial charge in [-0.2, -0.15) is 0 Å². The Morgan fingerprint density at radius 2 is 2.35 bits per heavy atom. The molecule has 6 nitrogen and oxygen atoms in total. The van der Waals surface area contributed by atoms with Crippen molar-refractivity contribution in [3.63, 3.8) is 0 Å². The van der Waals surface area contributed by atoms with Crippen LogP contribution < -0.4 is 5.76 Å². The molecule has 1 unspecified atom stereocenters. The van der Waals surface area contributed by atoms with Crippen molar-refractivity contribution in [3.05, 3.63) is 34.3 Å². The molecule has 0 saturated carbocycles. The third-order valence-corrected chi connectivity index (χ3v) is 2.29. The standard InChI is InChI=1S/C11H11NO5/c1-2-16-10(14)9(13)6-4-3-5-7-8(6)12-11(15)17-7/h3-5,9,13H,2H2,1H3,(H,12,15). The zero-order valence-corrected chi connectivity index (χ0v) is 9.10. The van der Waals surface area contributed by atoms with E-state index in [-0.39, 0.29) is 17.8 Å². The van der Waals surface area contributed by atoms with Gasteiger partial charge in [-0.25, -0.2) is 9.59 Å². The van der Waals surface area contributed by atoms with Crippen molar-refractivity contribution in [2.75, 3.05) is 6.61 Å². The normalized spacial score (nSPS) is 12.6. The minimum Gasteiger partial charge on any atom is -0.464 e. The van der Waals surface area contributed by atoms with Crippen LogP contribution in [0.2, 0.25) is 0 Å². The highest BCUT2D eigenvalue weighted by Crippen LogP contribution is 2.22. The van der Waals surface area contributed by atoms with Crippen molar-refractivity contribution in [2.24, 2.45) is 0 Å². The van der Waals surface area contributed by atoms with Crippen LogP contribution in [0.5, 0.6) is 0 Å². The zero-order valence-electron chi connectivity index (χ0n) is 9.10. The maximum absolute atomic E-state index is 11.4. The van der Waals surface area contributed by atoms with Crippen molar-refractivity contribution in [1.82, 2.24) is 4.98 Å². The Kier molecular flexibility index (Phi) is 2.97. The van der Waals surface area contributed by atoms with E-state index in [1.54, 1.807) is 19.1 Å².